The zero-order valence-corrected chi connectivity index (χ0v) is 15.5. The van der Waals surface area contributed by atoms with Crippen LogP contribution in [0.25, 0.3) is 0 Å². The lowest BCUT2D eigenvalue weighted by molar-refractivity contribution is 0.0757. The monoisotopic (exact) mass is 382 g/mol. The third-order valence-corrected chi connectivity index (χ3v) is 4.11. The standard InChI is InChI=1S/C16H19ClN4O3S/c1-10(2)24-8-4-7-18-13(22)15-20-21-16(25-15)14(23)19-12-6-3-5-11(17)9-12/h3,5-6,9-10H,4,7-8H2,1-2H3,(H,18,22)(H,19,23). The highest BCUT2D eigenvalue weighted by Gasteiger charge is 2.17. The highest BCUT2D eigenvalue weighted by Crippen LogP contribution is 2.17. The van der Waals surface area contributed by atoms with Crippen molar-refractivity contribution in [1.29, 1.82) is 0 Å². The molecule has 0 unspecified atom stereocenters. The first kappa shape index (κ1) is 19.3. The lowest BCUT2D eigenvalue weighted by atomic mass is 10.3. The molecule has 0 spiro atoms. The highest BCUT2D eigenvalue weighted by atomic mass is 35.5. The number of ether oxygens (including phenoxy) is 1. The molecule has 134 valence electrons. The predicted octanol–water partition coefficient (Wildman–Crippen LogP) is 2.99. The van der Waals surface area contributed by atoms with Crippen LogP contribution >= 0.6 is 22.9 Å². The van der Waals surface area contributed by atoms with Crippen LogP contribution in [0.3, 0.4) is 0 Å². The first-order valence-corrected chi connectivity index (χ1v) is 8.95. The number of anilines is 1. The van der Waals surface area contributed by atoms with Crippen LogP contribution in [0.4, 0.5) is 5.69 Å². The number of benzene rings is 1. The summed E-state index contributed by atoms with van der Waals surface area (Å²) in [6, 6.07) is 6.75. The van der Waals surface area contributed by atoms with Gasteiger partial charge in [-0.15, -0.1) is 10.2 Å². The van der Waals surface area contributed by atoms with E-state index in [1.807, 2.05) is 13.8 Å². The van der Waals surface area contributed by atoms with Crippen LogP contribution in [0, 0.1) is 0 Å². The molecule has 9 heteroatoms. The van der Waals surface area contributed by atoms with E-state index >= 15 is 0 Å². The number of rotatable bonds is 8. The smallest absolute Gasteiger partial charge is 0.286 e. The number of amides is 2. The van der Waals surface area contributed by atoms with Crippen LogP contribution in [0.2, 0.25) is 5.02 Å². The molecule has 2 rings (SSSR count). The second kappa shape index (κ2) is 9.45. The lowest BCUT2D eigenvalue weighted by Crippen LogP contribution is -2.25. The van der Waals surface area contributed by atoms with E-state index < -0.39 is 5.91 Å². The van der Waals surface area contributed by atoms with E-state index in [0.29, 0.717) is 30.3 Å². The number of hydrogen-bond acceptors (Lipinski definition) is 6. The molecule has 0 saturated heterocycles. The van der Waals surface area contributed by atoms with Crippen molar-refractivity contribution >= 4 is 40.4 Å². The Kier molecular flexibility index (Phi) is 7.30. The predicted molar refractivity (Wildman–Crippen MR) is 97.4 cm³/mol. The molecule has 7 nitrogen and oxygen atoms in total. The third kappa shape index (κ3) is 6.41. The van der Waals surface area contributed by atoms with Crippen molar-refractivity contribution in [3.05, 3.63) is 39.3 Å². The fraction of sp³-hybridized carbons (Fsp3) is 0.375. The molecule has 0 bridgehead atoms. The van der Waals surface area contributed by atoms with Gasteiger partial charge in [0.15, 0.2) is 0 Å². The quantitative estimate of drug-likeness (QED) is 0.684. The molecule has 0 fully saturated rings. The van der Waals surface area contributed by atoms with Crippen LogP contribution < -0.4 is 10.6 Å². The van der Waals surface area contributed by atoms with Gasteiger partial charge in [-0.3, -0.25) is 9.59 Å². The average molecular weight is 383 g/mol. The molecule has 0 saturated carbocycles. The number of hydrogen-bond donors (Lipinski definition) is 2. The van der Waals surface area contributed by atoms with Crippen molar-refractivity contribution in [3.8, 4) is 0 Å². The molecule has 2 N–H and O–H groups in total. The molecule has 1 aromatic carbocycles. The number of carbonyl (C=O) groups is 2. The summed E-state index contributed by atoms with van der Waals surface area (Å²) >= 11 is 6.80. The Bertz CT molecular complexity index is 736. The molecule has 2 aromatic rings. The molecular formula is C16H19ClN4O3S. The second-order valence-corrected chi connectivity index (χ2v) is 6.82. The van der Waals surface area contributed by atoms with Crippen LogP contribution in [0.15, 0.2) is 24.3 Å². The highest BCUT2D eigenvalue weighted by molar-refractivity contribution is 7.15. The Morgan fingerprint density at radius 2 is 1.96 bits per heavy atom. The van der Waals surface area contributed by atoms with Gasteiger partial charge in [-0.05, 0) is 38.5 Å². The van der Waals surface area contributed by atoms with E-state index in [1.54, 1.807) is 24.3 Å². The first-order chi connectivity index (χ1) is 12.0. The first-order valence-electron chi connectivity index (χ1n) is 7.76. The topological polar surface area (TPSA) is 93.2 Å². The minimum atomic E-state index is -0.441. The number of halogens is 1. The van der Waals surface area contributed by atoms with Crippen molar-refractivity contribution in [2.75, 3.05) is 18.5 Å². The Morgan fingerprint density at radius 1 is 1.24 bits per heavy atom. The summed E-state index contributed by atoms with van der Waals surface area (Å²) in [5.74, 6) is -0.798. The Morgan fingerprint density at radius 3 is 2.64 bits per heavy atom. The van der Waals surface area contributed by atoms with E-state index in [0.717, 1.165) is 11.3 Å². The Hall–Kier alpha value is -2.03. The zero-order valence-electron chi connectivity index (χ0n) is 13.9. The van der Waals surface area contributed by atoms with E-state index in [-0.39, 0.29) is 22.0 Å². The van der Waals surface area contributed by atoms with E-state index in [4.69, 9.17) is 16.3 Å². The molecule has 25 heavy (non-hydrogen) atoms. The van der Waals surface area contributed by atoms with Crippen molar-refractivity contribution in [1.82, 2.24) is 15.5 Å². The van der Waals surface area contributed by atoms with Gasteiger partial charge in [0.2, 0.25) is 10.0 Å². The van der Waals surface area contributed by atoms with Crippen LogP contribution in [0.5, 0.6) is 0 Å². The third-order valence-electron chi connectivity index (χ3n) is 2.95. The summed E-state index contributed by atoms with van der Waals surface area (Å²) in [5, 5.41) is 13.7. The van der Waals surface area contributed by atoms with Gasteiger partial charge < -0.3 is 15.4 Å². The fourth-order valence-corrected chi connectivity index (χ4v) is 2.67. The summed E-state index contributed by atoms with van der Waals surface area (Å²) in [4.78, 5) is 24.1. The average Bonchev–Trinajstić information content (AvgIpc) is 3.04. The summed E-state index contributed by atoms with van der Waals surface area (Å²) in [6.07, 6.45) is 0.865. The van der Waals surface area contributed by atoms with Gasteiger partial charge in [-0.1, -0.05) is 29.0 Å². The van der Waals surface area contributed by atoms with Crippen LogP contribution in [-0.2, 0) is 4.74 Å². The van der Waals surface area contributed by atoms with Gasteiger partial charge in [0.25, 0.3) is 11.8 Å². The van der Waals surface area contributed by atoms with Gasteiger partial charge in [-0.2, -0.15) is 0 Å². The maximum atomic E-state index is 12.1. The maximum absolute atomic E-state index is 12.1. The van der Waals surface area contributed by atoms with Gasteiger partial charge in [-0.25, -0.2) is 0 Å². The van der Waals surface area contributed by atoms with Gasteiger partial charge >= 0.3 is 0 Å². The minimum absolute atomic E-state index is 0.105. The molecular weight excluding hydrogens is 364 g/mol. The summed E-state index contributed by atoms with van der Waals surface area (Å²) in [6.45, 7) is 4.95. The summed E-state index contributed by atoms with van der Waals surface area (Å²) < 4.78 is 5.39. The maximum Gasteiger partial charge on any atom is 0.286 e. The molecule has 0 aliphatic rings. The van der Waals surface area contributed by atoms with Crippen molar-refractivity contribution in [2.45, 2.75) is 26.4 Å². The van der Waals surface area contributed by atoms with Gasteiger partial charge in [0, 0.05) is 23.9 Å². The molecule has 1 heterocycles. The SMILES string of the molecule is CC(C)OCCCNC(=O)c1nnc(C(=O)Nc2cccc(Cl)c2)s1. The lowest BCUT2D eigenvalue weighted by Gasteiger charge is -2.07. The largest absolute Gasteiger partial charge is 0.379 e. The molecule has 0 aliphatic heterocycles. The van der Waals surface area contributed by atoms with E-state index in [1.165, 1.54) is 0 Å². The second-order valence-electron chi connectivity index (χ2n) is 5.41. The molecule has 0 radical (unpaired) electrons. The van der Waals surface area contributed by atoms with Crippen LogP contribution in [0.1, 0.15) is 39.9 Å². The van der Waals surface area contributed by atoms with Crippen LogP contribution in [-0.4, -0.2) is 41.3 Å². The van der Waals surface area contributed by atoms with Gasteiger partial charge in [0.05, 0.1) is 6.10 Å². The number of nitrogens with one attached hydrogen (secondary N) is 2. The number of nitrogens with zero attached hydrogens (tertiary/aromatic N) is 2. The van der Waals surface area contributed by atoms with Crippen molar-refractivity contribution < 1.29 is 14.3 Å². The van der Waals surface area contributed by atoms with E-state index in [2.05, 4.69) is 20.8 Å². The molecule has 1 aromatic heterocycles. The van der Waals surface area contributed by atoms with Gasteiger partial charge in [0.1, 0.15) is 0 Å². The normalized spacial score (nSPS) is 10.7. The number of aromatic nitrogens is 2. The number of carbonyl (C=O) groups excluding carboxylic acids is 2. The molecule has 2 amide bonds. The summed E-state index contributed by atoms with van der Waals surface area (Å²) in [5.41, 5.74) is 0.545. The minimum Gasteiger partial charge on any atom is -0.379 e. The van der Waals surface area contributed by atoms with Crippen molar-refractivity contribution in [3.63, 3.8) is 0 Å². The van der Waals surface area contributed by atoms with Crippen molar-refractivity contribution in [2.24, 2.45) is 0 Å². The Balaban J connectivity index is 1.84. The molecule has 0 aliphatic carbocycles. The summed E-state index contributed by atoms with van der Waals surface area (Å²) in [7, 11) is 0. The fourth-order valence-electron chi connectivity index (χ4n) is 1.83. The molecule has 0 atom stereocenters. The Labute approximate surface area is 154 Å². The zero-order chi connectivity index (χ0) is 18.2. The van der Waals surface area contributed by atoms with E-state index in [9.17, 15) is 9.59 Å².